The number of nitriles is 1. The molecule has 2 rings (SSSR count). The minimum Gasteiger partial charge on any atom is -0.334 e. The van der Waals surface area contributed by atoms with Crippen molar-refractivity contribution in [2.24, 2.45) is 7.05 Å². The molecule has 0 spiro atoms. The molecule has 0 aromatic carbocycles. The Labute approximate surface area is 113 Å². The summed E-state index contributed by atoms with van der Waals surface area (Å²) in [5, 5.41) is 16.5. The standard InChI is InChI=1S/C14H20N4O/c1-11-12(9-16-18(11)2)13(19)17-14(10-15)7-5-3-4-6-8-14/h9H,3-8H2,1-2H3,(H,17,19). The SMILES string of the molecule is Cc1c(C(=O)NC2(C#N)CCCCCC2)cnn1C. The van der Waals surface area contributed by atoms with Gasteiger partial charge in [-0.15, -0.1) is 0 Å². The number of carbonyl (C=O) groups excluding carboxylic acids is 1. The van der Waals surface area contributed by atoms with Crippen LogP contribution in [0.5, 0.6) is 0 Å². The lowest BCUT2D eigenvalue weighted by Gasteiger charge is -2.26. The Morgan fingerprint density at radius 2 is 2.05 bits per heavy atom. The molecule has 1 fully saturated rings. The van der Waals surface area contributed by atoms with Crippen molar-refractivity contribution >= 4 is 5.91 Å². The Morgan fingerprint density at radius 3 is 2.53 bits per heavy atom. The fourth-order valence-electron chi connectivity index (χ4n) is 2.60. The van der Waals surface area contributed by atoms with Crippen LogP contribution in [0.3, 0.4) is 0 Å². The zero-order valence-electron chi connectivity index (χ0n) is 11.6. The maximum absolute atomic E-state index is 12.3. The van der Waals surface area contributed by atoms with E-state index in [1.54, 1.807) is 17.9 Å². The van der Waals surface area contributed by atoms with Crippen molar-refractivity contribution in [3.05, 3.63) is 17.5 Å². The van der Waals surface area contributed by atoms with Crippen molar-refractivity contribution in [1.82, 2.24) is 15.1 Å². The van der Waals surface area contributed by atoms with Crippen LogP contribution < -0.4 is 5.32 Å². The molecular formula is C14H20N4O. The molecule has 5 heteroatoms. The van der Waals surface area contributed by atoms with Crippen LogP contribution in [-0.4, -0.2) is 21.2 Å². The molecule has 19 heavy (non-hydrogen) atoms. The van der Waals surface area contributed by atoms with Crippen molar-refractivity contribution < 1.29 is 4.79 Å². The van der Waals surface area contributed by atoms with Gasteiger partial charge in [0.05, 0.1) is 17.8 Å². The van der Waals surface area contributed by atoms with E-state index in [2.05, 4.69) is 16.5 Å². The highest BCUT2D eigenvalue weighted by Gasteiger charge is 2.33. The van der Waals surface area contributed by atoms with Gasteiger partial charge < -0.3 is 5.32 Å². The van der Waals surface area contributed by atoms with E-state index in [-0.39, 0.29) is 5.91 Å². The van der Waals surface area contributed by atoms with Gasteiger partial charge in [-0.1, -0.05) is 25.7 Å². The first-order chi connectivity index (χ1) is 9.08. The van der Waals surface area contributed by atoms with E-state index < -0.39 is 5.54 Å². The minimum atomic E-state index is -0.699. The van der Waals surface area contributed by atoms with E-state index in [0.717, 1.165) is 44.2 Å². The molecule has 1 heterocycles. The van der Waals surface area contributed by atoms with E-state index >= 15 is 0 Å². The van der Waals surface area contributed by atoms with Crippen LogP contribution in [0.25, 0.3) is 0 Å². The second kappa shape index (κ2) is 5.43. The molecule has 5 nitrogen and oxygen atoms in total. The number of aryl methyl sites for hydroxylation is 1. The Balaban J connectivity index is 2.16. The summed E-state index contributed by atoms with van der Waals surface area (Å²) in [6, 6.07) is 2.33. The van der Waals surface area contributed by atoms with Crippen LogP contribution in [0.15, 0.2) is 6.20 Å². The molecule has 0 unspecified atom stereocenters. The summed E-state index contributed by atoms with van der Waals surface area (Å²) in [7, 11) is 1.80. The van der Waals surface area contributed by atoms with Crippen molar-refractivity contribution in [2.75, 3.05) is 0 Å². The van der Waals surface area contributed by atoms with Gasteiger partial charge in [-0.3, -0.25) is 9.48 Å². The topological polar surface area (TPSA) is 70.7 Å². The minimum absolute atomic E-state index is 0.186. The number of rotatable bonds is 2. The smallest absolute Gasteiger partial charge is 0.255 e. The number of hydrogen-bond donors (Lipinski definition) is 1. The van der Waals surface area contributed by atoms with Crippen molar-refractivity contribution in [1.29, 1.82) is 5.26 Å². The van der Waals surface area contributed by atoms with Crippen molar-refractivity contribution in [3.63, 3.8) is 0 Å². The van der Waals surface area contributed by atoms with Crippen LogP contribution >= 0.6 is 0 Å². The number of nitrogens with one attached hydrogen (secondary N) is 1. The summed E-state index contributed by atoms with van der Waals surface area (Å²) in [5.74, 6) is -0.186. The first kappa shape index (κ1) is 13.6. The molecule has 1 aromatic rings. The number of aromatic nitrogens is 2. The lowest BCUT2D eigenvalue weighted by Crippen LogP contribution is -2.47. The van der Waals surface area contributed by atoms with Crippen molar-refractivity contribution in [3.8, 4) is 6.07 Å². The summed E-state index contributed by atoms with van der Waals surface area (Å²) in [5.41, 5.74) is 0.677. The molecular weight excluding hydrogens is 240 g/mol. The van der Waals surface area contributed by atoms with Gasteiger partial charge in [0.25, 0.3) is 5.91 Å². The average molecular weight is 260 g/mol. The third-order valence-electron chi connectivity index (χ3n) is 4.00. The molecule has 1 aliphatic rings. The normalized spacial score (nSPS) is 18.4. The van der Waals surface area contributed by atoms with Crippen LogP contribution in [-0.2, 0) is 7.05 Å². The highest BCUT2D eigenvalue weighted by molar-refractivity contribution is 5.95. The van der Waals surface area contributed by atoms with E-state index in [4.69, 9.17) is 0 Å². The summed E-state index contributed by atoms with van der Waals surface area (Å²) in [6.45, 7) is 1.86. The molecule has 0 radical (unpaired) electrons. The number of hydrogen-bond acceptors (Lipinski definition) is 3. The average Bonchev–Trinajstić information content (AvgIpc) is 2.63. The maximum Gasteiger partial charge on any atom is 0.255 e. The molecule has 0 atom stereocenters. The molecule has 1 aliphatic carbocycles. The molecule has 0 aliphatic heterocycles. The third kappa shape index (κ3) is 2.78. The molecule has 1 aromatic heterocycles. The Morgan fingerprint density at radius 1 is 1.42 bits per heavy atom. The fourth-order valence-corrected chi connectivity index (χ4v) is 2.60. The van der Waals surface area contributed by atoms with Gasteiger partial charge in [0, 0.05) is 12.7 Å². The number of amides is 1. The predicted molar refractivity (Wildman–Crippen MR) is 71.5 cm³/mol. The van der Waals surface area contributed by atoms with E-state index in [9.17, 15) is 10.1 Å². The highest BCUT2D eigenvalue weighted by Crippen LogP contribution is 2.27. The summed E-state index contributed by atoms with van der Waals surface area (Å²) >= 11 is 0. The summed E-state index contributed by atoms with van der Waals surface area (Å²) in [6.07, 6.45) is 7.34. The summed E-state index contributed by atoms with van der Waals surface area (Å²) < 4.78 is 1.67. The fraction of sp³-hybridized carbons (Fsp3) is 0.643. The first-order valence-corrected chi connectivity index (χ1v) is 6.80. The van der Waals surface area contributed by atoms with E-state index in [1.807, 2.05) is 6.92 Å². The highest BCUT2D eigenvalue weighted by atomic mass is 16.1. The molecule has 102 valence electrons. The van der Waals surface area contributed by atoms with Gasteiger partial charge in [0.2, 0.25) is 0 Å². The number of carbonyl (C=O) groups is 1. The lowest BCUT2D eigenvalue weighted by molar-refractivity contribution is 0.0912. The predicted octanol–water partition coefficient (Wildman–Crippen LogP) is 2.07. The molecule has 1 N–H and O–H groups in total. The Bertz CT molecular complexity index is 504. The van der Waals surface area contributed by atoms with Crippen LogP contribution in [0.2, 0.25) is 0 Å². The third-order valence-corrected chi connectivity index (χ3v) is 4.00. The lowest BCUT2D eigenvalue weighted by atomic mass is 9.91. The van der Waals surface area contributed by atoms with Crippen LogP contribution in [0.4, 0.5) is 0 Å². The Hall–Kier alpha value is -1.83. The Kier molecular flexibility index (Phi) is 3.89. The van der Waals surface area contributed by atoms with Crippen LogP contribution in [0, 0.1) is 18.3 Å². The second-order valence-electron chi connectivity index (χ2n) is 5.33. The maximum atomic E-state index is 12.3. The van der Waals surface area contributed by atoms with E-state index in [1.165, 1.54) is 0 Å². The first-order valence-electron chi connectivity index (χ1n) is 6.80. The van der Waals surface area contributed by atoms with Gasteiger partial charge in [-0.25, -0.2) is 0 Å². The molecule has 1 saturated carbocycles. The summed E-state index contributed by atoms with van der Waals surface area (Å²) in [4.78, 5) is 12.3. The zero-order chi connectivity index (χ0) is 13.9. The monoisotopic (exact) mass is 260 g/mol. The van der Waals surface area contributed by atoms with Gasteiger partial charge in [-0.05, 0) is 19.8 Å². The quantitative estimate of drug-likeness (QED) is 0.827. The molecule has 1 amide bonds. The van der Waals surface area contributed by atoms with Gasteiger partial charge in [0.15, 0.2) is 0 Å². The molecule has 0 saturated heterocycles. The van der Waals surface area contributed by atoms with Gasteiger partial charge in [0.1, 0.15) is 5.54 Å². The zero-order valence-corrected chi connectivity index (χ0v) is 11.6. The van der Waals surface area contributed by atoms with Crippen molar-refractivity contribution in [2.45, 2.75) is 51.0 Å². The van der Waals surface area contributed by atoms with Crippen LogP contribution in [0.1, 0.15) is 54.6 Å². The number of nitrogens with zero attached hydrogens (tertiary/aromatic N) is 3. The van der Waals surface area contributed by atoms with Gasteiger partial charge in [-0.2, -0.15) is 10.4 Å². The largest absolute Gasteiger partial charge is 0.334 e. The second-order valence-corrected chi connectivity index (χ2v) is 5.33. The van der Waals surface area contributed by atoms with E-state index in [0.29, 0.717) is 5.56 Å². The van der Waals surface area contributed by atoms with Gasteiger partial charge >= 0.3 is 0 Å². The molecule has 0 bridgehead atoms.